The molecule has 0 bridgehead atoms. The lowest BCUT2D eigenvalue weighted by molar-refractivity contribution is -0.384. The van der Waals surface area contributed by atoms with E-state index >= 15 is 0 Å². The molecule has 132 valence electrons. The van der Waals surface area contributed by atoms with Gasteiger partial charge in [-0.15, -0.1) is 22.7 Å². The lowest BCUT2D eigenvalue weighted by atomic mass is 10.2. The highest BCUT2D eigenvalue weighted by atomic mass is 32.1. The van der Waals surface area contributed by atoms with Gasteiger partial charge in [-0.05, 0) is 12.1 Å². The van der Waals surface area contributed by atoms with Gasteiger partial charge in [-0.3, -0.25) is 20.2 Å². The number of thiazole rings is 1. The molecular weight excluding hydrogens is 378 g/mol. The first kappa shape index (κ1) is 16.5. The predicted octanol–water partition coefficient (Wildman–Crippen LogP) is 3.56. The summed E-state index contributed by atoms with van der Waals surface area (Å²) in [5, 5.41) is 17.0. The largest absolute Gasteiger partial charge is 0.485 e. The molecule has 1 atom stereocenters. The third-order valence-corrected chi connectivity index (χ3v) is 5.28. The van der Waals surface area contributed by atoms with E-state index in [9.17, 15) is 14.9 Å². The van der Waals surface area contributed by atoms with Gasteiger partial charge in [0.25, 0.3) is 11.6 Å². The molecule has 0 saturated heterocycles. The Kier molecular flexibility index (Phi) is 4.27. The van der Waals surface area contributed by atoms with Crippen LogP contribution in [-0.4, -0.2) is 28.5 Å². The summed E-state index contributed by atoms with van der Waals surface area (Å²) in [6.45, 7) is 0.109. The maximum absolute atomic E-state index is 12.4. The summed E-state index contributed by atoms with van der Waals surface area (Å²) in [6, 6.07) is 8.60. The zero-order chi connectivity index (χ0) is 18.1. The molecule has 0 fully saturated rings. The number of benzene rings is 1. The van der Waals surface area contributed by atoms with Gasteiger partial charge in [0.05, 0.1) is 20.9 Å². The molecule has 4 rings (SSSR count). The van der Waals surface area contributed by atoms with Gasteiger partial charge < -0.3 is 9.47 Å². The molecule has 1 N–H and O–H groups in total. The second-order valence-electron chi connectivity index (χ2n) is 5.32. The van der Waals surface area contributed by atoms with Crippen molar-refractivity contribution in [3.05, 3.63) is 51.2 Å². The molecule has 0 radical (unpaired) electrons. The highest BCUT2D eigenvalue weighted by Gasteiger charge is 2.28. The van der Waals surface area contributed by atoms with E-state index < -0.39 is 11.0 Å². The Labute approximate surface area is 155 Å². The van der Waals surface area contributed by atoms with Crippen LogP contribution in [0.3, 0.4) is 0 Å². The number of nitrogens with one attached hydrogen (secondary N) is 1. The minimum Gasteiger partial charge on any atom is -0.485 e. The molecule has 26 heavy (non-hydrogen) atoms. The van der Waals surface area contributed by atoms with Crippen LogP contribution in [0.2, 0.25) is 0 Å². The van der Waals surface area contributed by atoms with Crippen LogP contribution in [0.15, 0.2) is 41.1 Å². The van der Waals surface area contributed by atoms with E-state index in [0.29, 0.717) is 27.2 Å². The number of thiophene rings is 1. The van der Waals surface area contributed by atoms with Crippen molar-refractivity contribution < 1.29 is 19.2 Å². The van der Waals surface area contributed by atoms with Gasteiger partial charge in [0.2, 0.25) is 6.10 Å². The van der Waals surface area contributed by atoms with Crippen molar-refractivity contribution in [2.24, 2.45) is 0 Å². The first-order valence-corrected chi connectivity index (χ1v) is 9.24. The molecule has 1 aliphatic rings. The lowest BCUT2D eigenvalue weighted by Crippen LogP contribution is -2.40. The summed E-state index contributed by atoms with van der Waals surface area (Å²) in [7, 11) is 0. The van der Waals surface area contributed by atoms with Crippen molar-refractivity contribution in [2.45, 2.75) is 6.10 Å². The molecule has 1 aromatic carbocycles. The van der Waals surface area contributed by atoms with Crippen molar-refractivity contribution >= 4 is 39.4 Å². The summed E-state index contributed by atoms with van der Waals surface area (Å²) in [5.74, 6) is 0.759. The van der Waals surface area contributed by atoms with Gasteiger partial charge in [-0.2, -0.15) is 0 Å². The SMILES string of the molecule is O=C(Nc1nc(-c2cc([N+](=O)[O-])cs2)cs1)C1COc2ccccc2O1. The number of nitrogens with zero attached hydrogens (tertiary/aromatic N) is 2. The molecule has 1 amide bonds. The summed E-state index contributed by atoms with van der Waals surface area (Å²) in [5.41, 5.74) is 0.601. The first-order valence-electron chi connectivity index (χ1n) is 7.48. The Morgan fingerprint density at radius 1 is 1.27 bits per heavy atom. The molecule has 0 spiro atoms. The summed E-state index contributed by atoms with van der Waals surface area (Å²) in [6.07, 6.45) is -0.778. The van der Waals surface area contributed by atoms with Crippen LogP contribution in [0.25, 0.3) is 10.6 Å². The molecular formula is C16H11N3O5S2. The van der Waals surface area contributed by atoms with Crippen molar-refractivity contribution in [2.75, 3.05) is 11.9 Å². The van der Waals surface area contributed by atoms with Crippen LogP contribution in [0.1, 0.15) is 0 Å². The summed E-state index contributed by atoms with van der Waals surface area (Å²) >= 11 is 2.47. The zero-order valence-electron chi connectivity index (χ0n) is 13.1. The van der Waals surface area contributed by atoms with Crippen molar-refractivity contribution in [1.29, 1.82) is 0 Å². The van der Waals surface area contributed by atoms with E-state index in [1.807, 2.05) is 6.07 Å². The Balaban J connectivity index is 1.44. The molecule has 3 heterocycles. The van der Waals surface area contributed by atoms with Crippen LogP contribution in [0, 0.1) is 10.1 Å². The fourth-order valence-electron chi connectivity index (χ4n) is 2.34. The van der Waals surface area contributed by atoms with E-state index in [-0.39, 0.29) is 18.2 Å². The lowest BCUT2D eigenvalue weighted by Gasteiger charge is -2.25. The number of carbonyl (C=O) groups excluding carboxylic acids is 1. The Bertz CT molecular complexity index is 984. The van der Waals surface area contributed by atoms with Crippen LogP contribution in [-0.2, 0) is 4.79 Å². The van der Waals surface area contributed by atoms with Gasteiger partial charge >= 0.3 is 0 Å². The normalized spacial score (nSPS) is 15.5. The number of hydrogen-bond acceptors (Lipinski definition) is 8. The summed E-state index contributed by atoms with van der Waals surface area (Å²) < 4.78 is 11.2. The number of rotatable bonds is 4. The number of anilines is 1. The molecule has 0 saturated carbocycles. The van der Waals surface area contributed by atoms with Crippen LogP contribution < -0.4 is 14.8 Å². The number of nitro groups is 1. The van der Waals surface area contributed by atoms with E-state index in [2.05, 4.69) is 10.3 Å². The number of para-hydroxylation sites is 2. The number of hydrogen-bond donors (Lipinski definition) is 1. The predicted molar refractivity (Wildman–Crippen MR) is 97.1 cm³/mol. The molecule has 2 aromatic heterocycles. The van der Waals surface area contributed by atoms with E-state index in [4.69, 9.17) is 9.47 Å². The fraction of sp³-hybridized carbons (Fsp3) is 0.125. The smallest absolute Gasteiger partial charge is 0.280 e. The Morgan fingerprint density at radius 3 is 2.85 bits per heavy atom. The zero-order valence-corrected chi connectivity index (χ0v) is 14.7. The third kappa shape index (κ3) is 3.24. The van der Waals surface area contributed by atoms with Gasteiger partial charge in [-0.1, -0.05) is 12.1 Å². The van der Waals surface area contributed by atoms with Crippen LogP contribution in [0.4, 0.5) is 10.8 Å². The topological polar surface area (TPSA) is 104 Å². The molecule has 3 aromatic rings. The summed E-state index contributed by atoms with van der Waals surface area (Å²) in [4.78, 5) is 27.7. The van der Waals surface area contributed by atoms with Gasteiger partial charge in [-0.25, -0.2) is 4.98 Å². The number of carbonyl (C=O) groups is 1. The van der Waals surface area contributed by atoms with Crippen LogP contribution in [0.5, 0.6) is 11.5 Å². The Hall–Kier alpha value is -2.98. The standard InChI is InChI=1S/C16H11N3O5S2/c20-15(13-6-23-11-3-1-2-4-12(11)24-13)18-16-17-10(8-26-16)14-5-9(7-25-14)19(21)22/h1-5,7-8,13H,6H2,(H,17,18,20). The van der Waals surface area contributed by atoms with Gasteiger partial charge in [0.1, 0.15) is 6.61 Å². The van der Waals surface area contributed by atoms with Crippen molar-refractivity contribution in [1.82, 2.24) is 4.98 Å². The highest BCUT2D eigenvalue weighted by molar-refractivity contribution is 7.16. The number of ether oxygens (including phenoxy) is 2. The maximum Gasteiger partial charge on any atom is 0.280 e. The average Bonchev–Trinajstić information content (AvgIpc) is 3.30. The molecule has 1 unspecified atom stereocenters. The average molecular weight is 389 g/mol. The van der Waals surface area contributed by atoms with Crippen LogP contribution >= 0.6 is 22.7 Å². The van der Waals surface area contributed by atoms with E-state index in [0.717, 1.165) is 0 Å². The van der Waals surface area contributed by atoms with E-state index in [1.165, 1.54) is 34.1 Å². The van der Waals surface area contributed by atoms with Crippen molar-refractivity contribution in [3.63, 3.8) is 0 Å². The molecule has 1 aliphatic heterocycles. The Morgan fingerprint density at radius 2 is 2.08 bits per heavy atom. The van der Waals surface area contributed by atoms with E-state index in [1.54, 1.807) is 23.6 Å². The quantitative estimate of drug-likeness (QED) is 0.540. The number of amides is 1. The molecule has 10 heteroatoms. The maximum atomic E-state index is 12.4. The molecule has 8 nitrogen and oxygen atoms in total. The number of fused-ring (bicyclic) bond motifs is 1. The minimum absolute atomic E-state index is 0.0232. The van der Waals surface area contributed by atoms with Gasteiger partial charge in [0.15, 0.2) is 16.6 Å². The highest BCUT2D eigenvalue weighted by Crippen LogP contribution is 2.34. The second kappa shape index (κ2) is 6.73. The third-order valence-electron chi connectivity index (χ3n) is 3.58. The second-order valence-corrected chi connectivity index (χ2v) is 7.09. The fourth-order valence-corrected chi connectivity index (χ4v) is 3.94. The van der Waals surface area contributed by atoms with Crippen molar-refractivity contribution in [3.8, 4) is 22.1 Å². The van der Waals surface area contributed by atoms with Gasteiger partial charge in [0, 0.05) is 11.4 Å². The first-order chi connectivity index (χ1) is 12.6. The number of aromatic nitrogens is 1. The minimum atomic E-state index is -0.778. The monoisotopic (exact) mass is 389 g/mol. The molecule has 0 aliphatic carbocycles.